The largest absolute Gasteiger partial charge is 0.343 e. The molecular weight excluding hydrogens is 254 g/mol. The van der Waals surface area contributed by atoms with Gasteiger partial charge in [-0.2, -0.15) is 0 Å². The lowest BCUT2D eigenvalue weighted by atomic mass is 10.2. The number of hydrogen-bond donors (Lipinski definition) is 2. The maximum absolute atomic E-state index is 11.9. The number of aromatic nitrogens is 1. The van der Waals surface area contributed by atoms with Crippen molar-refractivity contribution in [3.05, 3.63) is 38.5 Å². The van der Waals surface area contributed by atoms with Crippen LogP contribution in [0.5, 0.6) is 0 Å². The molecule has 90 valence electrons. The van der Waals surface area contributed by atoms with Crippen molar-refractivity contribution in [1.82, 2.24) is 10.3 Å². The predicted octanol–water partition coefficient (Wildman–Crippen LogP) is 2.15. The van der Waals surface area contributed by atoms with Crippen LogP contribution in [0.4, 0.5) is 0 Å². The molecule has 0 bridgehead atoms. The SMILES string of the molecule is CC(NC(=O)c1csc(CN)n1)c1cccs1. The van der Waals surface area contributed by atoms with Crippen LogP contribution >= 0.6 is 22.7 Å². The summed E-state index contributed by atoms with van der Waals surface area (Å²) in [5.74, 6) is -0.151. The Morgan fingerprint density at radius 1 is 1.59 bits per heavy atom. The Bertz CT molecular complexity index is 493. The Morgan fingerprint density at radius 2 is 2.41 bits per heavy atom. The highest BCUT2D eigenvalue weighted by atomic mass is 32.1. The zero-order valence-electron chi connectivity index (χ0n) is 9.34. The van der Waals surface area contributed by atoms with Crippen molar-refractivity contribution in [2.24, 2.45) is 5.73 Å². The molecule has 1 unspecified atom stereocenters. The van der Waals surface area contributed by atoms with Gasteiger partial charge in [0.15, 0.2) is 0 Å². The normalized spacial score (nSPS) is 12.4. The van der Waals surface area contributed by atoms with Crippen LogP contribution in [0.1, 0.15) is 33.3 Å². The molecule has 0 aliphatic heterocycles. The summed E-state index contributed by atoms with van der Waals surface area (Å²) in [6, 6.07) is 3.98. The zero-order chi connectivity index (χ0) is 12.3. The fourth-order valence-corrected chi connectivity index (χ4v) is 2.78. The number of thiophene rings is 1. The summed E-state index contributed by atoms with van der Waals surface area (Å²) in [6.07, 6.45) is 0. The number of nitrogens with zero attached hydrogens (tertiary/aromatic N) is 1. The van der Waals surface area contributed by atoms with Gasteiger partial charge in [-0.25, -0.2) is 4.98 Å². The van der Waals surface area contributed by atoms with Gasteiger partial charge >= 0.3 is 0 Å². The molecule has 2 aromatic rings. The van der Waals surface area contributed by atoms with E-state index >= 15 is 0 Å². The van der Waals surface area contributed by atoms with Crippen molar-refractivity contribution in [2.45, 2.75) is 19.5 Å². The summed E-state index contributed by atoms with van der Waals surface area (Å²) < 4.78 is 0. The van der Waals surface area contributed by atoms with Gasteiger partial charge in [-0.15, -0.1) is 22.7 Å². The van der Waals surface area contributed by atoms with Gasteiger partial charge in [0, 0.05) is 16.8 Å². The average Bonchev–Trinajstić information content (AvgIpc) is 3.00. The van der Waals surface area contributed by atoms with Gasteiger partial charge in [0.25, 0.3) is 5.91 Å². The van der Waals surface area contributed by atoms with Crippen molar-refractivity contribution in [3.8, 4) is 0 Å². The molecule has 1 amide bonds. The first-order valence-corrected chi connectivity index (χ1v) is 6.95. The van der Waals surface area contributed by atoms with E-state index in [0.717, 1.165) is 9.88 Å². The quantitative estimate of drug-likeness (QED) is 0.892. The first-order valence-electron chi connectivity index (χ1n) is 5.19. The molecular formula is C11H13N3OS2. The van der Waals surface area contributed by atoms with Gasteiger partial charge in [0.2, 0.25) is 0 Å². The van der Waals surface area contributed by atoms with E-state index in [4.69, 9.17) is 5.73 Å². The van der Waals surface area contributed by atoms with Gasteiger partial charge in [0.05, 0.1) is 6.04 Å². The molecule has 0 saturated carbocycles. The third-order valence-corrected chi connectivity index (χ3v) is 4.20. The minimum absolute atomic E-state index is 0.00512. The summed E-state index contributed by atoms with van der Waals surface area (Å²) in [5, 5.41) is 7.42. The lowest BCUT2D eigenvalue weighted by Gasteiger charge is -2.10. The molecule has 0 fully saturated rings. The Labute approximate surface area is 107 Å². The number of nitrogens with two attached hydrogens (primary N) is 1. The minimum atomic E-state index is -0.151. The Hall–Kier alpha value is -1.24. The Morgan fingerprint density at radius 3 is 3.00 bits per heavy atom. The van der Waals surface area contributed by atoms with E-state index in [-0.39, 0.29) is 11.9 Å². The fraction of sp³-hybridized carbons (Fsp3) is 0.273. The standard InChI is InChI=1S/C11H13N3OS2/c1-7(9-3-2-4-16-9)13-11(15)8-6-17-10(5-12)14-8/h2-4,6-7H,5,12H2,1H3,(H,13,15). The van der Waals surface area contributed by atoms with Crippen LogP contribution in [0.25, 0.3) is 0 Å². The van der Waals surface area contributed by atoms with Crippen LogP contribution < -0.4 is 11.1 Å². The molecule has 17 heavy (non-hydrogen) atoms. The molecule has 0 radical (unpaired) electrons. The van der Waals surface area contributed by atoms with Gasteiger partial charge in [-0.1, -0.05) is 6.07 Å². The van der Waals surface area contributed by atoms with Crippen molar-refractivity contribution in [1.29, 1.82) is 0 Å². The smallest absolute Gasteiger partial charge is 0.271 e. The number of amides is 1. The van der Waals surface area contributed by atoms with Crippen LogP contribution in [0, 0.1) is 0 Å². The van der Waals surface area contributed by atoms with Gasteiger partial charge in [0.1, 0.15) is 10.7 Å². The molecule has 4 nitrogen and oxygen atoms in total. The molecule has 2 rings (SSSR count). The van der Waals surface area contributed by atoms with Crippen molar-refractivity contribution in [2.75, 3.05) is 0 Å². The van der Waals surface area contributed by atoms with Gasteiger partial charge in [-0.3, -0.25) is 4.79 Å². The molecule has 2 heterocycles. The van der Waals surface area contributed by atoms with Crippen molar-refractivity contribution < 1.29 is 4.79 Å². The highest BCUT2D eigenvalue weighted by Gasteiger charge is 2.14. The van der Waals surface area contributed by atoms with Crippen LogP contribution in [0.15, 0.2) is 22.9 Å². The maximum Gasteiger partial charge on any atom is 0.271 e. The number of nitrogens with one attached hydrogen (secondary N) is 1. The molecule has 3 N–H and O–H groups in total. The van der Waals surface area contributed by atoms with E-state index in [9.17, 15) is 4.79 Å². The summed E-state index contributed by atoms with van der Waals surface area (Å²) in [4.78, 5) is 17.2. The molecule has 0 saturated heterocycles. The summed E-state index contributed by atoms with van der Waals surface area (Å²) in [6.45, 7) is 2.33. The highest BCUT2D eigenvalue weighted by molar-refractivity contribution is 7.10. The summed E-state index contributed by atoms with van der Waals surface area (Å²) >= 11 is 3.03. The lowest BCUT2D eigenvalue weighted by Crippen LogP contribution is -2.26. The van der Waals surface area contributed by atoms with Crippen LogP contribution in [0.2, 0.25) is 0 Å². The van der Waals surface area contributed by atoms with Crippen LogP contribution in [-0.2, 0) is 6.54 Å². The molecule has 0 aliphatic rings. The average molecular weight is 267 g/mol. The molecule has 0 aromatic carbocycles. The van der Waals surface area contributed by atoms with Crippen LogP contribution in [0.3, 0.4) is 0 Å². The summed E-state index contributed by atoms with van der Waals surface area (Å²) in [5.41, 5.74) is 5.90. The minimum Gasteiger partial charge on any atom is -0.343 e. The number of rotatable bonds is 4. The monoisotopic (exact) mass is 267 g/mol. The van der Waals surface area contributed by atoms with E-state index in [0.29, 0.717) is 12.2 Å². The maximum atomic E-state index is 11.9. The zero-order valence-corrected chi connectivity index (χ0v) is 11.0. The number of carbonyl (C=O) groups is 1. The lowest BCUT2D eigenvalue weighted by molar-refractivity contribution is 0.0936. The van der Waals surface area contributed by atoms with E-state index in [1.54, 1.807) is 16.7 Å². The molecule has 2 aromatic heterocycles. The van der Waals surface area contributed by atoms with E-state index < -0.39 is 0 Å². The van der Waals surface area contributed by atoms with Gasteiger partial charge < -0.3 is 11.1 Å². The topological polar surface area (TPSA) is 68.0 Å². The van der Waals surface area contributed by atoms with E-state index in [1.807, 2.05) is 24.4 Å². The second kappa shape index (κ2) is 5.39. The fourth-order valence-electron chi connectivity index (χ4n) is 1.39. The Balaban J connectivity index is 2.01. The molecule has 0 aliphatic carbocycles. The number of carbonyl (C=O) groups excluding carboxylic acids is 1. The van der Waals surface area contributed by atoms with Gasteiger partial charge in [-0.05, 0) is 18.4 Å². The summed E-state index contributed by atoms with van der Waals surface area (Å²) in [7, 11) is 0. The van der Waals surface area contributed by atoms with Crippen molar-refractivity contribution >= 4 is 28.6 Å². The Kier molecular flexibility index (Phi) is 3.88. The third kappa shape index (κ3) is 2.91. The highest BCUT2D eigenvalue weighted by Crippen LogP contribution is 2.19. The van der Waals surface area contributed by atoms with E-state index in [1.165, 1.54) is 11.3 Å². The third-order valence-electron chi connectivity index (χ3n) is 2.28. The molecule has 1 atom stereocenters. The van der Waals surface area contributed by atoms with E-state index in [2.05, 4.69) is 10.3 Å². The molecule has 6 heteroatoms. The first-order chi connectivity index (χ1) is 8.20. The first kappa shape index (κ1) is 12.2. The van der Waals surface area contributed by atoms with Crippen LogP contribution in [-0.4, -0.2) is 10.9 Å². The van der Waals surface area contributed by atoms with Crippen molar-refractivity contribution in [3.63, 3.8) is 0 Å². The second-order valence-electron chi connectivity index (χ2n) is 3.54. The number of thiazole rings is 1. The molecule has 0 spiro atoms. The second-order valence-corrected chi connectivity index (χ2v) is 5.46. The predicted molar refractivity (Wildman–Crippen MR) is 70.2 cm³/mol. The number of hydrogen-bond acceptors (Lipinski definition) is 5.